The van der Waals surface area contributed by atoms with E-state index >= 15 is 0 Å². The Bertz CT molecular complexity index is 344. The molecular weight excluding hydrogens is 236 g/mol. The number of carbonyl (C=O) groups is 1. The van der Waals surface area contributed by atoms with Gasteiger partial charge in [0, 0.05) is 6.61 Å². The number of hydrogen-bond donors (Lipinski definition) is 0. The normalized spacial score (nSPS) is 20.7. The van der Waals surface area contributed by atoms with Crippen LogP contribution in [0.1, 0.15) is 16.1 Å². The van der Waals surface area contributed by atoms with Crippen LogP contribution in [0.4, 0.5) is 0 Å². The summed E-state index contributed by atoms with van der Waals surface area (Å²) in [7, 11) is 0. The number of Topliss-reactive ketones (excluding diaryl/α,β-unsaturated/α-hetero) is 1. The lowest BCUT2D eigenvalue weighted by Gasteiger charge is -2.07. The van der Waals surface area contributed by atoms with Crippen LogP contribution in [0.5, 0.6) is 0 Å². The van der Waals surface area contributed by atoms with Crippen LogP contribution in [0.3, 0.4) is 0 Å². The minimum atomic E-state index is -0.0150. The summed E-state index contributed by atoms with van der Waals surface area (Å²) in [4.78, 5) is 12.3. The molecule has 0 aromatic carbocycles. The molecule has 1 fully saturated rings. The average molecular weight is 247 g/mol. The topological polar surface area (TPSA) is 35.5 Å². The van der Waals surface area contributed by atoms with E-state index < -0.39 is 0 Å². The second-order valence-corrected chi connectivity index (χ2v) is 5.04. The van der Waals surface area contributed by atoms with Crippen LogP contribution < -0.4 is 0 Å². The Hall–Kier alpha value is -0.420. The first-order valence-corrected chi connectivity index (χ1v) is 5.93. The number of halogens is 1. The largest absolute Gasteiger partial charge is 0.379 e. The predicted molar refractivity (Wildman–Crippen MR) is 58.8 cm³/mol. The first-order chi connectivity index (χ1) is 7.25. The van der Waals surface area contributed by atoms with E-state index in [-0.39, 0.29) is 18.5 Å². The highest BCUT2D eigenvalue weighted by Gasteiger charge is 2.18. The van der Waals surface area contributed by atoms with Crippen LogP contribution in [-0.4, -0.2) is 31.7 Å². The van der Waals surface area contributed by atoms with Crippen LogP contribution in [0.15, 0.2) is 12.1 Å². The van der Waals surface area contributed by atoms with E-state index in [9.17, 15) is 4.79 Å². The van der Waals surface area contributed by atoms with Gasteiger partial charge < -0.3 is 9.47 Å². The van der Waals surface area contributed by atoms with Crippen LogP contribution in [0.2, 0.25) is 4.34 Å². The molecule has 1 unspecified atom stereocenters. The Kier molecular flexibility index (Phi) is 3.75. The zero-order chi connectivity index (χ0) is 10.7. The Balaban J connectivity index is 1.81. The summed E-state index contributed by atoms with van der Waals surface area (Å²) in [6.45, 7) is 1.44. The fourth-order valence-electron chi connectivity index (χ4n) is 1.37. The highest BCUT2D eigenvalue weighted by atomic mass is 35.5. The molecular formula is C10H11ClO3S. The second-order valence-electron chi connectivity index (χ2n) is 3.32. The lowest BCUT2D eigenvalue weighted by molar-refractivity contribution is 0.0392. The van der Waals surface area contributed by atoms with Gasteiger partial charge in [0.05, 0.1) is 21.9 Å². The molecule has 0 saturated carbocycles. The summed E-state index contributed by atoms with van der Waals surface area (Å²) in [5, 5.41) is 0. The Morgan fingerprint density at radius 3 is 3.13 bits per heavy atom. The lowest BCUT2D eigenvalue weighted by atomic mass is 10.3. The minimum Gasteiger partial charge on any atom is -0.379 e. The lowest BCUT2D eigenvalue weighted by Crippen LogP contribution is -2.17. The summed E-state index contributed by atoms with van der Waals surface area (Å²) in [5.74, 6) is -0.0150. The monoisotopic (exact) mass is 246 g/mol. The summed E-state index contributed by atoms with van der Waals surface area (Å²) in [5.41, 5.74) is 0. The zero-order valence-electron chi connectivity index (χ0n) is 8.07. The van der Waals surface area contributed by atoms with Gasteiger partial charge in [0.2, 0.25) is 0 Å². The van der Waals surface area contributed by atoms with Gasteiger partial charge in [-0.2, -0.15) is 0 Å². The summed E-state index contributed by atoms with van der Waals surface area (Å²) in [6, 6.07) is 3.45. The van der Waals surface area contributed by atoms with E-state index in [0.717, 1.165) is 13.0 Å². The maximum Gasteiger partial charge on any atom is 0.198 e. The van der Waals surface area contributed by atoms with E-state index in [1.165, 1.54) is 11.3 Å². The first kappa shape index (κ1) is 11.1. The molecule has 1 aromatic rings. The quantitative estimate of drug-likeness (QED) is 0.766. The molecule has 3 nitrogen and oxygen atoms in total. The fraction of sp³-hybridized carbons (Fsp3) is 0.500. The van der Waals surface area contributed by atoms with Crippen molar-refractivity contribution in [2.75, 3.05) is 19.8 Å². The molecule has 1 aromatic heterocycles. The summed E-state index contributed by atoms with van der Waals surface area (Å²) < 4.78 is 11.2. The van der Waals surface area contributed by atoms with E-state index in [0.29, 0.717) is 15.8 Å². The average Bonchev–Trinajstić information content (AvgIpc) is 2.84. The molecule has 0 spiro atoms. The van der Waals surface area contributed by atoms with Crippen LogP contribution in [-0.2, 0) is 9.47 Å². The van der Waals surface area contributed by atoms with Gasteiger partial charge in [-0.15, -0.1) is 11.3 Å². The van der Waals surface area contributed by atoms with Crippen molar-refractivity contribution in [1.82, 2.24) is 0 Å². The van der Waals surface area contributed by atoms with Crippen molar-refractivity contribution in [3.63, 3.8) is 0 Å². The maximum absolute atomic E-state index is 11.6. The van der Waals surface area contributed by atoms with Crippen molar-refractivity contribution in [2.24, 2.45) is 0 Å². The highest BCUT2D eigenvalue weighted by Crippen LogP contribution is 2.22. The Morgan fingerprint density at radius 2 is 2.53 bits per heavy atom. The van der Waals surface area contributed by atoms with Gasteiger partial charge in [0.15, 0.2) is 5.78 Å². The second kappa shape index (κ2) is 5.07. The summed E-state index contributed by atoms with van der Waals surface area (Å²) in [6.07, 6.45) is 0.947. The molecule has 1 saturated heterocycles. The van der Waals surface area contributed by atoms with E-state index in [4.69, 9.17) is 21.1 Å². The molecule has 82 valence electrons. The predicted octanol–water partition coefficient (Wildman–Crippen LogP) is 2.39. The molecule has 1 atom stereocenters. The summed E-state index contributed by atoms with van der Waals surface area (Å²) >= 11 is 7.02. The van der Waals surface area contributed by atoms with Gasteiger partial charge >= 0.3 is 0 Å². The van der Waals surface area contributed by atoms with Crippen LogP contribution in [0, 0.1) is 0 Å². The highest BCUT2D eigenvalue weighted by molar-refractivity contribution is 7.18. The Morgan fingerprint density at radius 1 is 1.67 bits per heavy atom. The number of rotatable bonds is 4. The molecule has 1 aliphatic rings. The van der Waals surface area contributed by atoms with Crippen molar-refractivity contribution in [1.29, 1.82) is 0 Å². The molecule has 15 heavy (non-hydrogen) atoms. The third-order valence-electron chi connectivity index (χ3n) is 2.19. The van der Waals surface area contributed by atoms with Gasteiger partial charge in [-0.05, 0) is 18.6 Å². The van der Waals surface area contributed by atoms with E-state index in [1.54, 1.807) is 12.1 Å². The number of ether oxygens (including phenoxy) is 2. The fourth-order valence-corrected chi connectivity index (χ4v) is 2.34. The maximum atomic E-state index is 11.6. The van der Waals surface area contributed by atoms with E-state index in [2.05, 4.69) is 0 Å². The third-order valence-corrected chi connectivity index (χ3v) is 3.46. The molecule has 1 aliphatic heterocycles. The minimum absolute atomic E-state index is 0.0150. The molecule has 0 radical (unpaired) electrons. The van der Waals surface area contributed by atoms with Crippen molar-refractivity contribution >= 4 is 28.7 Å². The van der Waals surface area contributed by atoms with Gasteiger partial charge in [-0.3, -0.25) is 4.79 Å². The number of hydrogen-bond acceptors (Lipinski definition) is 4. The van der Waals surface area contributed by atoms with Gasteiger partial charge in [0.1, 0.15) is 6.61 Å². The van der Waals surface area contributed by atoms with Crippen LogP contribution in [0.25, 0.3) is 0 Å². The van der Waals surface area contributed by atoms with Gasteiger partial charge in [0.25, 0.3) is 0 Å². The van der Waals surface area contributed by atoms with Crippen molar-refractivity contribution in [3.8, 4) is 0 Å². The van der Waals surface area contributed by atoms with Crippen LogP contribution >= 0.6 is 22.9 Å². The van der Waals surface area contributed by atoms with Gasteiger partial charge in [-0.1, -0.05) is 11.6 Å². The van der Waals surface area contributed by atoms with Crippen molar-refractivity contribution in [2.45, 2.75) is 12.5 Å². The molecule has 0 amide bonds. The number of carbonyl (C=O) groups excluding carboxylic acids is 1. The molecule has 0 N–H and O–H groups in total. The van der Waals surface area contributed by atoms with Crippen molar-refractivity contribution in [3.05, 3.63) is 21.3 Å². The molecule has 2 heterocycles. The van der Waals surface area contributed by atoms with Crippen molar-refractivity contribution < 1.29 is 14.3 Å². The SMILES string of the molecule is O=C(COC1CCOC1)c1ccc(Cl)s1. The standard InChI is InChI=1S/C10H11ClO3S/c11-10-2-1-9(15-10)8(12)6-14-7-3-4-13-5-7/h1-2,7H,3-6H2. The molecule has 0 bridgehead atoms. The Labute approximate surface area is 96.9 Å². The van der Waals surface area contributed by atoms with Gasteiger partial charge in [-0.25, -0.2) is 0 Å². The number of ketones is 1. The smallest absolute Gasteiger partial charge is 0.198 e. The molecule has 5 heteroatoms. The van der Waals surface area contributed by atoms with E-state index in [1.807, 2.05) is 0 Å². The number of thiophene rings is 1. The molecule has 0 aliphatic carbocycles. The zero-order valence-corrected chi connectivity index (χ0v) is 9.64. The third kappa shape index (κ3) is 3.01. The first-order valence-electron chi connectivity index (χ1n) is 4.73. The molecule has 2 rings (SSSR count).